The molecule has 1 amide bonds. The third-order valence-electron chi connectivity index (χ3n) is 4.61. The standard InChI is InChI=1S/C16H20F3N3O.ClH/c17-16(18,19)14(22-7-5-20-6-8-22)10-21-15(23)13-9-11-3-1-2-4-12(11)13;/h1-4,13-14,20H,5-10H2,(H,21,23);1H. The number of nitrogens with zero attached hydrogens (tertiary/aromatic N) is 1. The monoisotopic (exact) mass is 363 g/mol. The van der Waals surface area contributed by atoms with Crippen molar-refractivity contribution in [2.45, 2.75) is 24.6 Å². The van der Waals surface area contributed by atoms with Crippen LogP contribution in [0.4, 0.5) is 13.2 Å². The van der Waals surface area contributed by atoms with Crippen LogP contribution in [0.15, 0.2) is 24.3 Å². The molecule has 0 spiro atoms. The minimum absolute atomic E-state index is 0. The molecule has 8 heteroatoms. The third kappa shape index (κ3) is 4.02. The molecule has 2 atom stereocenters. The van der Waals surface area contributed by atoms with E-state index in [2.05, 4.69) is 10.6 Å². The number of amides is 1. The second-order valence-electron chi connectivity index (χ2n) is 6.04. The van der Waals surface area contributed by atoms with Crippen molar-refractivity contribution < 1.29 is 18.0 Å². The molecule has 24 heavy (non-hydrogen) atoms. The van der Waals surface area contributed by atoms with Crippen molar-refractivity contribution in [1.82, 2.24) is 15.5 Å². The molecular weight excluding hydrogens is 343 g/mol. The molecule has 0 bridgehead atoms. The lowest BCUT2D eigenvalue weighted by molar-refractivity contribution is -0.184. The summed E-state index contributed by atoms with van der Waals surface area (Å²) in [5.41, 5.74) is 2.03. The van der Waals surface area contributed by atoms with Crippen molar-refractivity contribution in [3.63, 3.8) is 0 Å². The first kappa shape index (κ1) is 19.0. The highest BCUT2D eigenvalue weighted by Gasteiger charge is 2.44. The van der Waals surface area contributed by atoms with Crippen molar-refractivity contribution in [2.75, 3.05) is 32.7 Å². The molecule has 4 nitrogen and oxygen atoms in total. The number of rotatable bonds is 4. The molecule has 1 aliphatic heterocycles. The smallest absolute Gasteiger partial charge is 0.354 e. The van der Waals surface area contributed by atoms with Crippen LogP contribution in [0.3, 0.4) is 0 Å². The van der Waals surface area contributed by atoms with E-state index < -0.39 is 12.2 Å². The molecule has 134 valence electrons. The first-order valence-electron chi connectivity index (χ1n) is 7.84. The molecule has 1 aromatic carbocycles. The van der Waals surface area contributed by atoms with E-state index in [9.17, 15) is 18.0 Å². The topological polar surface area (TPSA) is 44.4 Å². The summed E-state index contributed by atoms with van der Waals surface area (Å²) in [4.78, 5) is 13.6. The normalized spacial score (nSPS) is 21.9. The van der Waals surface area contributed by atoms with Crippen molar-refractivity contribution >= 4 is 18.3 Å². The van der Waals surface area contributed by atoms with Gasteiger partial charge in [-0.2, -0.15) is 13.2 Å². The van der Waals surface area contributed by atoms with E-state index in [1.165, 1.54) is 4.90 Å². The first-order chi connectivity index (χ1) is 11.0. The van der Waals surface area contributed by atoms with E-state index in [0.717, 1.165) is 11.1 Å². The summed E-state index contributed by atoms with van der Waals surface area (Å²) in [5.74, 6) is -0.629. The minimum Gasteiger partial charge on any atom is -0.354 e. The summed E-state index contributed by atoms with van der Waals surface area (Å²) in [6.45, 7) is 1.37. The van der Waals surface area contributed by atoms with Gasteiger partial charge in [0.1, 0.15) is 6.04 Å². The van der Waals surface area contributed by atoms with Gasteiger partial charge in [-0.25, -0.2) is 0 Å². The molecular formula is C16H21ClF3N3O. The minimum atomic E-state index is -4.35. The van der Waals surface area contributed by atoms with Crippen LogP contribution in [-0.2, 0) is 11.2 Å². The highest BCUT2D eigenvalue weighted by atomic mass is 35.5. The second kappa shape index (κ2) is 7.72. The molecule has 1 aliphatic carbocycles. The van der Waals surface area contributed by atoms with Gasteiger partial charge < -0.3 is 10.6 Å². The molecule has 3 rings (SSSR count). The van der Waals surface area contributed by atoms with Gasteiger partial charge in [-0.3, -0.25) is 9.69 Å². The molecule has 0 aromatic heterocycles. The molecule has 1 fully saturated rings. The highest BCUT2D eigenvalue weighted by Crippen LogP contribution is 2.35. The number of halogens is 4. The maximum atomic E-state index is 13.3. The van der Waals surface area contributed by atoms with Crippen molar-refractivity contribution in [3.05, 3.63) is 35.4 Å². The fraction of sp³-hybridized carbons (Fsp3) is 0.562. The second-order valence-corrected chi connectivity index (χ2v) is 6.04. The average Bonchev–Trinajstić information content (AvgIpc) is 2.48. The van der Waals surface area contributed by atoms with Crippen LogP contribution in [-0.4, -0.2) is 55.7 Å². The Hall–Kier alpha value is -1.31. The van der Waals surface area contributed by atoms with Crippen LogP contribution in [0.25, 0.3) is 0 Å². The molecule has 2 aliphatic rings. The quantitative estimate of drug-likeness (QED) is 0.856. The maximum absolute atomic E-state index is 13.3. The summed E-state index contributed by atoms with van der Waals surface area (Å²) in [7, 11) is 0. The fourth-order valence-corrected chi connectivity index (χ4v) is 3.26. The van der Waals surface area contributed by atoms with E-state index >= 15 is 0 Å². The van der Waals surface area contributed by atoms with Gasteiger partial charge in [0.05, 0.1) is 5.92 Å². The van der Waals surface area contributed by atoms with E-state index in [0.29, 0.717) is 32.6 Å². The number of carbonyl (C=O) groups is 1. The lowest BCUT2D eigenvalue weighted by Crippen LogP contribution is -2.58. The lowest BCUT2D eigenvalue weighted by atomic mass is 9.77. The number of benzene rings is 1. The summed E-state index contributed by atoms with van der Waals surface area (Å²) >= 11 is 0. The van der Waals surface area contributed by atoms with Gasteiger partial charge in [0, 0.05) is 32.7 Å². The van der Waals surface area contributed by atoms with E-state index in [1.54, 1.807) is 0 Å². The summed E-state index contributed by atoms with van der Waals surface area (Å²) in [6.07, 6.45) is -3.74. The number of carbonyl (C=O) groups excluding carboxylic acids is 1. The number of piperazine rings is 1. The third-order valence-corrected chi connectivity index (χ3v) is 4.61. The predicted molar refractivity (Wildman–Crippen MR) is 87.4 cm³/mol. The van der Waals surface area contributed by atoms with Crippen LogP contribution >= 0.6 is 12.4 Å². The Morgan fingerprint density at radius 1 is 1.29 bits per heavy atom. The SMILES string of the molecule is Cl.O=C(NCC(N1CCNCC1)C(F)(F)F)C1Cc2ccccc21. The Morgan fingerprint density at radius 3 is 2.58 bits per heavy atom. The predicted octanol–water partition coefficient (Wildman–Crippen LogP) is 1.70. The van der Waals surface area contributed by atoms with Gasteiger partial charge in [0.2, 0.25) is 5.91 Å². The summed E-state index contributed by atoms with van der Waals surface area (Å²) < 4.78 is 39.8. The zero-order valence-corrected chi connectivity index (χ0v) is 13.9. The van der Waals surface area contributed by atoms with Gasteiger partial charge >= 0.3 is 6.18 Å². The average molecular weight is 364 g/mol. The van der Waals surface area contributed by atoms with Gasteiger partial charge in [0.25, 0.3) is 0 Å². The Labute approximate surface area is 145 Å². The Kier molecular flexibility index (Phi) is 6.11. The molecule has 1 heterocycles. The van der Waals surface area contributed by atoms with Gasteiger partial charge in [-0.1, -0.05) is 24.3 Å². The van der Waals surface area contributed by atoms with Gasteiger partial charge in [-0.15, -0.1) is 12.4 Å². The van der Waals surface area contributed by atoms with Crippen LogP contribution in [0.5, 0.6) is 0 Å². The van der Waals surface area contributed by atoms with Gasteiger partial charge in [0.15, 0.2) is 0 Å². The van der Waals surface area contributed by atoms with E-state index in [1.807, 2.05) is 24.3 Å². The van der Waals surface area contributed by atoms with E-state index in [4.69, 9.17) is 0 Å². The summed E-state index contributed by atoms with van der Waals surface area (Å²) in [6, 6.07) is 5.93. The molecule has 2 N–H and O–H groups in total. The van der Waals surface area contributed by atoms with Crippen LogP contribution < -0.4 is 10.6 Å². The number of hydrogen-bond donors (Lipinski definition) is 2. The van der Waals surface area contributed by atoms with Crippen molar-refractivity contribution in [3.8, 4) is 0 Å². The molecule has 0 saturated carbocycles. The van der Waals surface area contributed by atoms with Crippen molar-refractivity contribution in [2.24, 2.45) is 0 Å². The van der Waals surface area contributed by atoms with Gasteiger partial charge in [-0.05, 0) is 17.5 Å². The zero-order valence-electron chi connectivity index (χ0n) is 13.1. The molecule has 2 unspecified atom stereocenters. The largest absolute Gasteiger partial charge is 0.405 e. The molecule has 1 saturated heterocycles. The molecule has 1 aromatic rings. The van der Waals surface area contributed by atoms with E-state index in [-0.39, 0.29) is 30.8 Å². The fourth-order valence-electron chi connectivity index (χ4n) is 3.26. The number of alkyl halides is 3. The van der Waals surface area contributed by atoms with Crippen LogP contribution in [0, 0.1) is 0 Å². The Morgan fingerprint density at radius 2 is 1.96 bits per heavy atom. The lowest BCUT2D eigenvalue weighted by Gasteiger charge is -2.36. The molecule has 0 radical (unpaired) electrons. The van der Waals surface area contributed by atoms with Crippen LogP contribution in [0.1, 0.15) is 17.0 Å². The number of hydrogen-bond acceptors (Lipinski definition) is 3. The maximum Gasteiger partial charge on any atom is 0.405 e. The zero-order chi connectivity index (χ0) is 16.4. The summed E-state index contributed by atoms with van der Waals surface area (Å²) in [5, 5.41) is 5.55. The number of fused-ring (bicyclic) bond motifs is 1. The van der Waals surface area contributed by atoms with Crippen LogP contribution in [0.2, 0.25) is 0 Å². The Bertz CT molecular complexity index is 576. The first-order valence-corrected chi connectivity index (χ1v) is 7.84. The number of nitrogens with one attached hydrogen (secondary N) is 2. The Balaban J connectivity index is 0.00000208. The highest BCUT2D eigenvalue weighted by molar-refractivity contribution is 5.86. The van der Waals surface area contributed by atoms with Crippen molar-refractivity contribution in [1.29, 1.82) is 0 Å².